The number of nitrogens with one attached hydrogen (secondary N) is 1. The number of anilines is 1. The number of carbonyl (C=O) groups is 1. The predicted molar refractivity (Wildman–Crippen MR) is 93.7 cm³/mol. The molecule has 0 aliphatic heterocycles. The molecular weight excluding hydrogens is 302 g/mol. The van der Waals surface area contributed by atoms with Crippen LogP contribution in [0, 0.1) is 11.3 Å². The minimum Gasteiger partial charge on any atom is -0.494 e. The van der Waals surface area contributed by atoms with Crippen molar-refractivity contribution in [1.82, 2.24) is 4.90 Å². The largest absolute Gasteiger partial charge is 0.494 e. The zero-order valence-corrected chi connectivity index (χ0v) is 13.7. The van der Waals surface area contributed by atoms with E-state index >= 15 is 0 Å². The van der Waals surface area contributed by atoms with Gasteiger partial charge in [-0.2, -0.15) is 5.26 Å². The maximum absolute atomic E-state index is 12.5. The zero-order chi connectivity index (χ0) is 17.2. The maximum atomic E-state index is 12.5. The van der Waals surface area contributed by atoms with E-state index in [2.05, 4.69) is 11.4 Å². The fourth-order valence-corrected chi connectivity index (χ4v) is 2.24. The summed E-state index contributed by atoms with van der Waals surface area (Å²) in [5.74, 6) is 0.765. The van der Waals surface area contributed by atoms with Gasteiger partial charge in [0.25, 0.3) is 0 Å². The Kier molecular flexibility index (Phi) is 6.66. The van der Waals surface area contributed by atoms with Gasteiger partial charge in [0.1, 0.15) is 5.75 Å². The van der Waals surface area contributed by atoms with Gasteiger partial charge in [-0.05, 0) is 36.8 Å². The molecule has 0 aliphatic rings. The topological polar surface area (TPSA) is 65.4 Å². The van der Waals surface area contributed by atoms with E-state index < -0.39 is 0 Å². The summed E-state index contributed by atoms with van der Waals surface area (Å²) < 4.78 is 5.39. The van der Waals surface area contributed by atoms with Crippen molar-refractivity contribution >= 4 is 11.7 Å². The number of carbonyl (C=O) groups excluding carboxylic acids is 1. The average Bonchev–Trinajstić information content (AvgIpc) is 2.61. The van der Waals surface area contributed by atoms with Crippen molar-refractivity contribution in [3.05, 3.63) is 60.2 Å². The molecule has 24 heavy (non-hydrogen) atoms. The molecule has 0 bridgehead atoms. The average molecular weight is 323 g/mol. The van der Waals surface area contributed by atoms with E-state index in [-0.39, 0.29) is 6.03 Å². The van der Waals surface area contributed by atoms with Gasteiger partial charge in [-0.25, -0.2) is 4.79 Å². The van der Waals surface area contributed by atoms with Crippen LogP contribution in [0.3, 0.4) is 0 Å². The van der Waals surface area contributed by atoms with Crippen molar-refractivity contribution in [1.29, 1.82) is 5.26 Å². The molecule has 124 valence electrons. The first-order valence-electron chi connectivity index (χ1n) is 7.92. The predicted octanol–water partition coefficient (Wildman–Crippen LogP) is 4.03. The van der Waals surface area contributed by atoms with Gasteiger partial charge in [-0.1, -0.05) is 30.3 Å². The van der Waals surface area contributed by atoms with Crippen molar-refractivity contribution in [2.24, 2.45) is 0 Å². The number of rotatable bonds is 7. The smallest absolute Gasteiger partial charge is 0.322 e. The molecule has 5 nitrogen and oxygen atoms in total. The third-order valence-electron chi connectivity index (χ3n) is 3.41. The highest BCUT2D eigenvalue weighted by molar-refractivity contribution is 5.89. The fourth-order valence-electron chi connectivity index (χ4n) is 2.24. The highest BCUT2D eigenvalue weighted by atomic mass is 16.5. The van der Waals surface area contributed by atoms with Gasteiger partial charge in [0.2, 0.25) is 0 Å². The molecule has 0 radical (unpaired) electrons. The first-order valence-corrected chi connectivity index (χ1v) is 7.92. The van der Waals surface area contributed by atoms with Crippen LogP contribution in [0.2, 0.25) is 0 Å². The highest BCUT2D eigenvalue weighted by Crippen LogP contribution is 2.16. The van der Waals surface area contributed by atoms with Crippen LogP contribution < -0.4 is 10.1 Å². The lowest BCUT2D eigenvalue weighted by molar-refractivity contribution is 0.210. The Morgan fingerprint density at radius 1 is 1.17 bits per heavy atom. The minimum absolute atomic E-state index is 0.224. The molecule has 0 spiro atoms. The Labute approximate surface area is 142 Å². The van der Waals surface area contributed by atoms with Crippen LogP contribution in [0.25, 0.3) is 0 Å². The molecule has 0 fully saturated rings. The van der Waals surface area contributed by atoms with Gasteiger partial charge >= 0.3 is 6.03 Å². The number of benzene rings is 2. The van der Waals surface area contributed by atoms with E-state index in [0.717, 1.165) is 11.3 Å². The number of amides is 2. The summed E-state index contributed by atoms with van der Waals surface area (Å²) in [6, 6.07) is 18.8. The van der Waals surface area contributed by atoms with Gasteiger partial charge in [0.05, 0.1) is 19.1 Å². The Morgan fingerprint density at radius 2 is 1.88 bits per heavy atom. The molecule has 2 aromatic carbocycles. The van der Waals surface area contributed by atoms with Crippen LogP contribution in [0.5, 0.6) is 5.75 Å². The Hall–Kier alpha value is -3.00. The van der Waals surface area contributed by atoms with Crippen molar-refractivity contribution in [2.75, 3.05) is 18.5 Å². The summed E-state index contributed by atoms with van der Waals surface area (Å²) in [6.07, 6.45) is 0.295. The van der Waals surface area contributed by atoms with Crippen LogP contribution in [-0.2, 0) is 6.54 Å². The third kappa shape index (κ3) is 5.33. The van der Waals surface area contributed by atoms with Crippen LogP contribution >= 0.6 is 0 Å². The van der Waals surface area contributed by atoms with E-state index in [0.29, 0.717) is 31.8 Å². The summed E-state index contributed by atoms with van der Waals surface area (Å²) in [4.78, 5) is 14.1. The third-order valence-corrected chi connectivity index (χ3v) is 3.41. The van der Waals surface area contributed by atoms with Gasteiger partial charge in [-0.15, -0.1) is 0 Å². The van der Waals surface area contributed by atoms with E-state index in [1.807, 2.05) is 49.4 Å². The summed E-state index contributed by atoms with van der Waals surface area (Å²) >= 11 is 0. The lowest BCUT2D eigenvalue weighted by Crippen LogP contribution is -2.35. The molecular formula is C19H21N3O2. The van der Waals surface area contributed by atoms with E-state index in [4.69, 9.17) is 10.00 Å². The Balaban J connectivity index is 2.02. The summed E-state index contributed by atoms with van der Waals surface area (Å²) in [5.41, 5.74) is 1.72. The first-order chi connectivity index (χ1) is 11.7. The monoisotopic (exact) mass is 323 g/mol. The molecule has 0 aliphatic carbocycles. The second kappa shape index (κ2) is 9.21. The zero-order valence-electron chi connectivity index (χ0n) is 13.7. The molecule has 0 atom stereocenters. The fraction of sp³-hybridized carbons (Fsp3) is 0.263. The van der Waals surface area contributed by atoms with E-state index in [1.54, 1.807) is 17.0 Å². The molecule has 0 saturated heterocycles. The molecule has 0 aromatic heterocycles. The number of hydrogen-bond donors (Lipinski definition) is 1. The number of urea groups is 1. The quantitative estimate of drug-likeness (QED) is 0.836. The molecule has 2 amide bonds. The maximum Gasteiger partial charge on any atom is 0.322 e. The molecule has 0 heterocycles. The number of hydrogen-bond acceptors (Lipinski definition) is 3. The normalized spacial score (nSPS) is 9.83. The molecule has 0 saturated carbocycles. The summed E-state index contributed by atoms with van der Waals surface area (Å²) in [5, 5.41) is 11.7. The first kappa shape index (κ1) is 17.4. The van der Waals surface area contributed by atoms with Crippen molar-refractivity contribution < 1.29 is 9.53 Å². The van der Waals surface area contributed by atoms with Gasteiger partial charge in [0.15, 0.2) is 0 Å². The van der Waals surface area contributed by atoms with Crippen molar-refractivity contribution in [3.8, 4) is 11.8 Å². The van der Waals surface area contributed by atoms with Crippen LogP contribution in [0.4, 0.5) is 10.5 Å². The highest BCUT2D eigenvalue weighted by Gasteiger charge is 2.14. The molecule has 1 N–H and O–H groups in total. The van der Waals surface area contributed by atoms with Crippen molar-refractivity contribution in [2.45, 2.75) is 19.9 Å². The molecule has 5 heteroatoms. The molecule has 2 aromatic rings. The van der Waals surface area contributed by atoms with Gasteiger partial charge in [-0.3, -0.25) is 0 Å². The Bertz CT molecular complexity index is 678. The molecule has 0 unspecified atom stereocenters. The van der Waals surface area contributed by atoms with Crippen LogP contribution in [0.15, 0.2) is 54.6 Å². The number of nitriles is 1. The second-order valence-electron chi connectivity index (χ2n) is 5.20. The number of ether oxygens (including phenoxy) is 1. The lowest BCUT2D eigenvalue weighted by atomic mass is 10.2. The summed E-state index contributed by atoms with van der Waals surface area (Å²) in [6.45, 7) is 3.37. The van der Waals surface area contributed by atoms with Crippen LogP contribution in [0.1, 0.15) is 18.9 Å². The summed E-state index contributed by atoms with van der Waals surface area (Å²) in [7, 11) is 0. The standard InChI is InChI=1S/C19H21N3O2/c1-2-24-18-11-9-17(10-12-18)21-19(23)22(14-6-13-20)15-16-7-4-3-5-8-16/h3-5,7-12H,2,6,14-15H2,1H3,(H,21,23). The Morgan fingerprint density at radius 3 is 2.50 bits per heavy atom. The minimum atomic E-state index is -0.224. The van der Waals surface area contributed by atoms with Gasteiger partial charge in [0, 0.05) is 18.8 Å². The van der Waals surface area contributed by atoms with Gasteiger partial charge < -0.3 is 15.0 Å². The SMILES string of the molecule is CCOc1ccc(NC(=O)N(CCC#N)Cc2ccccc2)cc1. The lowest BCUT2D eigenvalue weighted by Gasteiger charge is -2.22. The van der Waals surface area contributed by atoms with Crippen molar-refractivity contribution in [3.63, 3.8) is 0 Å². The van der Waals surface area contributed by atoms with Crippen LogP contribution in [-0.4, -0.2) is 24.1 Å². The number of nitrogens with zero attached hydrogens (tertiary/aromatic N) is 2. The van der Waals surface area contributed by atoms with E-state index in [9.17, 15) is 4.79 Å². The van der Waals surface area contributed by atoms with E-state index in [1.165, 1.54) is 0 Å². The molecule has 2 rings (SSSR count). The second-order valence-corrected chi connectivity index (χ2v) is 5.20.